The fourth-order valence-corrected chi connectivity index (χ4v) is 4.86. The predicted molar refractivity (Wildman–Crippen MR) is 104 cm³/mol. The van der Waals surface area contributed by atoms with Gasteiger partial charge in [-0.3, -0.25) is 4.79 Å². The molecule has 1 aliphatic carbocycles. The summed E-state index contributed by atoms with van der Waals surface area (Å²) in [5.74, 6) is 2.36. The lowest BCUT2D eigenvalue weighted by atomic mass is 9.92. The van der Waals surface area contributed by atoms with Crippen molar-refractivity contribution in [3.8, 4) is 11.4 Å². The van der Waals surface area contributed by atoms with Crippen LogP contribution in [0.5, 0.6) is 0 Å². The third-order valence-corrected chi connectivity index (χ3v) is 6.60. The minimum absolute atomic E-state index is 0.174. The molecule has 142 valence electrons. The highest BCUT2D eigenvalue weighted by atomic mass is 16.2. The molecular weight excluding hydrogens is 338 g/mol. The van der Waals surface area contributed by atoms with Crippen molar-refractivity contribution in [1.82, 2.24) is 20.1 Å². The first-order chi connectivity index (χ1) is 13.3. The van der Waals surface area contributed by atoms with E-state index in [0.29, 0.717) is 0 Å². The van der Waals surface area contributed by atoms with Crippen molar-refractivity contribution in [2.75, 3.05) is 18.4 Å². The lowest BCUT2D eigenvalue weighted by Crippen LogP contribution is -2.31. The van der Waals surface area contributed by atoms with E-state index < -0.39 is 0 Å². The van der Waals surface area contributed by atoms with E-state index in [0.717, 1.165) is 68.2 Å². The van der Waals surface area contributed by atoms with Gasteiger partial charge in [0.25, 0.3) is 0 Å². The van der Waals surface area contributed by atoms with Crippen LogP contribution in [-0.2, 0) is 17.8 Å². The van der Waals surface area contributed by atoms with Crippen LogP contribution in [-0.4, -0.2) is 33.8 Å². The zero-order valence-electron chi connectivity index (χ0n) is 15.7. The van der Waals surface area contributed by atoms with E-state index in [9.17, 15) is 4.79 Å². The van der Waals surface area contributed by atoms with Crippen molar-refractivity contribution >= 4 is 11.6 Å². The molecule has 0 bridgehead atoms. The van der Waals surface area contributed by atoms with E-state index in [1.165, 1.54) is 19.3 Å². The number of amides is 1. The quantitative estimate of drug-likeness (QED) is 0.877. The fraction of sp³-hybridized carbons (Fsp3) is 0.571. The molecule has 5 rings (SSSR count). The van der Waals surface area contributed by atoms with Gasteiger partial charge in [-0.1, -0.05) is 18.6 Å². The molecule has 2 aliphatic heterocycles. The van der Waals surface area contributed by atoms with E-state index in [1.54, 1.807) is 0 Å². The zero-order chi connectivity index (χ0) is 18.3. The number of aromatic nitrogens is 3. The van der Waals surface area contributed by atoms with E-state index in [-0.39, 0.29) is 17.2 Å². The molecular formula is C21H27N5O. The Morgan fingerprint density at radius 2 is 2.07 bits per heavy atom. The van der Waals surface area contributed by atoms with Gasteiger partial charge in [-0.2, -0.15) is 0 Å². The Morgan fingerprint density at radius 3 is 2.96 bits per heavy atom. The van der Waals surface area contributed by atoms with Gasteiger partial charge < -0.3 is 15.2 Å². The molecule has 2 aromatic rings. The summed E-state index contributed by atoms with van der Waals surface area (Å²) < 4.78 is 2.25. The van der Waals surface area contributed by atoms with Gasteiger partial charge in [-0.05, 0) is 62.7 Å². The molecule has 6 heteroatoms. The Hall–Kier alpha value is -2.21. The number of hydrogen-bond acceptors (Lipinski definition) is 4. The molecule has 0 radical (unpaired) electrons. The first kappa shape index (κ1) is 16.9. The number of fused-ring (bicyclic) bond motifs is 1. The van der Waals surface area contributed by atoms with Crippen LogP contribution >= 0.6 is 0 Å². The Balaban J connectivity index is 1.33. The van der Waals surface area contributed by atoms with Gasteiger partial charge in [-0.25, -0.2) is 0 Å². The highest BCUT2D eigenvalue weighted by Gasteiger charge is 2.57. The Kier molecular flexibility index (Phi) is 4.23. The molecule has 1 saturated carbocycles. The molecule has 1 saturated heterocycles. The maximum Gasteiger partial charge on any atom is 0.228 e. The third-order valence-electron chi connectivity index (χ3n) is 6.60. The van der Waals surface area contributed by atoms with Crippen molar-refractivity contribution in [3.05, 3.63) is 30.1 Å². The summed E-state index contributed by atoms with van der Waals surface area (Å²) >= 11 is 0. The summed E-state index contributed by atoms with van der Waals surface area (Å²) in [6.07, 6.45) is 7.89. The number of nitrogens with one attached hydrogen (secondary N) is 2. The minimum atomic E-state index is 0.174. The molecule has 1 atom stereocenters. The van der Waals surface area contributed by atoms with Gasteiger partial charge in [0.05, 0.1) is 0 Å². The number of hydrogen-bond donors (Lipinski definition) is 2. The number of carbonyl (C=O) groups is 1. The first-order valence-corrected chi connectivity index (χ1v) is 10.3. The van der Waals surface area contributed by atoms with Crippen LogP contribution in [0.15, 0.2) is 24.3 Å². The van der Waals surface area contributed by atoms with Crippen molar-refractivity contribution in [3.63, 3.8) is 0 Å². The van der Waals surface area contributed by atoms with Crippen LogP contribution in [0, 0.1) is 11.3 Å². The molecule has 1 amide bonds. The molecule has 1 spiro atoms. The number of carbonyl (C=O) groups excluding carboxylic acids is 1. The Labute approximate surface area is 159 Å². The van der Waals surface area contributed by atoms with Gasteiger partial charge in [0.1, 0.15) is 5.82 Å². The summed E-state index contributed by atoms with van der Waals surface area (Å²) in [7, 11) is 0. The lowest BCUT2D eigenvalue weighted by molar-refractivity contribution is -0.118. The highest BCUT2D eigenvalue weighted by molar-refractivity contribution is 5.95. The normalized spacial score (nSPS) is 23.5. The second-order valence-electron chi connectivity index (χ2n) is 8.34. The van der Waals surface area contributed by atoms with Gasteiger partial charge in [0.15, 0.2) is 5.82 Å². The highest BCUT2D eigenvalue weighted by Crippen LogP contribution is 2.58. The minimum Gasteiger partial charge on any atom is -0.326 e. The van der Waals surface area contributed by atoms with Crippen LogP contribution in [0.3, 0.4) is 0 Å². The van der Waals surface area contributed by atoms with Crippen molar-refractivity contribution in [2.24, 2.45) is 11.3 Å². The summed E-state index contributed by atoms with van der Waals surface area (Å²) in [5, 5.41) is 15.4. The maximum atomic E-state index is 12.8. The van der Waals surface area contributed by atoms with Crippen LogP contribution in [0.2, 0.25) is 0 Å². The summed E-state index contributed by atoms with van der Waals surface area (Å²) in [6.45, 7) is 3.06. The number of rotatable bonds is 3. The smallest absolute Gasteiger partial charge is 0.228 e. The second-order valence-corrected chi connectivity index (χ2v) is 8.34. The molecule has 1 aromatic carbocycles. The van der Waals surface area contributed by atoms with Gasteiger partial charge >= 0.3 is 0 Å². The van der Waals surface area contributed by atoms with Crippen molar-refractivity contribution < 1.29 is 4.79 Å². The Bertz CT molecular complexity index is 852. The molecule has 6 nitrogen and oxygen atoms in total. The number of piperidine rings is 1. The van der Waals surface area contributed by atoms with Gasteiger partial charge in [-0.15, -0.1) is 10.2 Å². The molecule has 1 aromatic heterocycles. The van der Waals surface area contributed by atoms with E-state index >= 15 is 0 Å². The summed E-state index contributed by atoms with van der Waals surface area (Å²) in [5.41, 5.74) is 2.15. The number of nitrogens with zero attached hydrogens (tertiary/aromatic N) is 3. The first-order valence-electron chi connectivity index (χ1n) is 10.3. The standard InChI is InChI=1S/C21H27N5O/c27-20(17-14-21(17)8-10-22-11-9-21)23-16-6-4-5-15(13-16)19-25-24-18-7-2-1-3-12-26(18)19/h4-6,13,17,22H,1-3,7-12,14H2,(H,23,27). The van der Waals surface area contributed by atoms with E-state index in [1.807, 2.05) is 18.2 Å². The molecule has 3 aliphatic rings. The van der Waals surface area contributed by atoms with Crippen LogP contribution < -0.4 is 10.6 Å². The summed E-state index contributed by atoms with van der Waals surface area (Å²) in [6, 6.07) is 8.07. The van der Waals surface area contributed by atoms with Crippen molar-refractivity contribution in [1.29, 1.82) is 0 Å². The maximum absolute atomic E-state index is 12.8. The second kappa shape index (κ2) is 6.75. The van der Waals surface area contributed by atoms with Crippen molar-refractivity contribution in [2.45, 2.75) is 51.5 Å². The van der Waals surface area contributed by atoms with E-state index in [4.69, 9.17) is 0 Å². The predicted octanol–water partition coefficient (Wildman–Crippen LogP) is 3.00. The van der Waals surface area contributed by atoms with Gasteiger partial charge in [0.2, 0.25) is 5.91 Å². The third kappa shape index (κ3) is 3.16. The molecule has 2 N–H and O–H groups in total. The fourth-order valence-electron chi connectivity index (χ4n) is 4.86. The van der Waals surface area contributed by atoms with Crippen LogP contribution in [0.25, 0.3) is 11.4 Å². The molecule has 27 heavy (non-hydrogen) atoms. The Morgan fingerprint density at radius 1 is 1.19 bits per heavy atom. The average Bonchev–Trinajstić information content (AvgIpc) is 3.31. The van der Waals surface area contributed by atoms with E-state index in [2.05, 4.69) is 31.5 Å². The zero-order valence-corrected chi connectivity index (χ0v) is 15.7. The van der Waals surface area contributed by atoms with Gasteiger partial charge in [0, 0.05) is 30.1 Å². The number of anilines is 1. The average molecular weight is 365 g/mol. The lowest BCUT2D eigenvalue weighted by Gasteiger charge is -2.23. The number of aryl methyl sites for hydroxylation is 1. The molecule has 1 unspecified atom stereocenters. The molecule has 2 fully saturated rings. The largest absolute Gasteiger partial charge is 0.326 e. The monoisotopic (exact) mass is 365 g/mol. The van der Waals surface area contributed by atoms with Crippen LogP contribution in [0.1, 0.15) is 44.3 Å². The summed E-state index contributed by atoms with van der Waals surface area (Å²) in [4.78, 5) is 12.8. The van der Waals surface area contributed by atoms with Crippen LogP contribution in [0.4, 0.5) is 5.69 Å². The topological polar surface area (TPSA) is 71.8 Å². The SMILES string of the molecule is O=C(Nc1cccc(-c2nnc3n2CCCCC3)c1)C1CC12CCNCC2. The number of benzene rings is 1. The molecule has 3 heterocycles.